The number of aryl methyl sites for hydroxylation is 2. The number of halogens is 1. The van der Waals surface area contributed by atoms with Gasteiger partial charge in [-0.1, -0.05) is 17.7 Å². The van der Waals surface area contributed by atoms with Crippen molar-refractivity contribution in [2.45, 2.75) is 45.0 Å². The first-order valence-corrected chi connectivity index (χ1v) is 9.70. The van der Waals surface area contributed by atoms with Gasteiger partial charge in [0.2, 0.25) is 0 Å². The van der Waals surface area contributed by atoms with E-state index < -0.39 is 5.79 Å². The Morgan fingerprint density at radius 3 is 2.70 bits per heavy atom. The molecule has 0 amide bonds. The van der Waals surface area contributed by atoms with E-state index in [1.165, 1.54) is 0 Å². The maximum Gasteiger partial charge on any atom is 0.193 e. The zero-order valence-electron chi connectivity index (χ0n) is 15.6. The average molecular weight is 387 g/mol. The van der Waals surface area contributed by atoms with Crippen LogP contribution >= 0.6 is 11.6 Å². The summed E-state index contributed by atoms with van der Waals surface area (Å²) in [6.45, 7) is 4.93. The lowest BCUT2D eigenvalue weighted by Crippen LogP contribution is -2.22. The number of hydrogen-bond donors (Lipinski definition) is 0. The van der Waals surface area contributed by atoms with E-state index >= 15 is 0 Å². The van der Waals surface area contributed by atoms with Crippen molar-refractivity contribution in [3.8, 4) is 5.75 Å². The van der Waals surface area contributed by atoms with Crippen molar-refractivity contribution in [1.82, 2.24) is 0 Å². The third-order valence-corrected chi connectivity index (χ3v) is 5.31. The van der Waals surface area contributed by atoms with Gasteiger partial charge in [-0.15, -0.1) is 0 Å². The van der Waals surface area contributed by atoms with Crippen LogP contribution in [0.4, 0.5) is 0 Å². The molecule has 1 saturated heterocycles. The molecule has 0 aromatic heterocycles. The fourth-order valence-electron chi connectivity index (χ4n) is 3.69. The van der Waals surface area contributed by atoms with Crippen molar-refractivity contribution < 1.29 is 19.0 Å². The van der Waals surface area contributed by atoms with Crippen LogP contribution in [0, 0.1) is 0 Å². The highest BCUT2D eigenvalue weighted by atomic mass is 35.5. The van der Waals surface area contributed by atoms with E-state index in [9.17, 15) is 4.79 Å². The maximum atomic E-state index is 13.0. The van der Waals surface area contributed by atoms with Gasteiger partial charge in [-0.25, -0.2) is 0 Å². The summed E-state index contributed by atoms with van der Waals surface area (Å²) in [5.41, 5.74) is 3.50. The SMILES string of the molecule is CC1(C)OC[C@@H](CCOc2ccc3c(c2)C(=O)c2ccc(Cl)cc2CC3)O1. The van der Waals surface area contributed by atoms with Gasteiger partial charge in [0.25, 0.3) is 0 Å². The molecule has 0 spiro atoms. The molecule has 2 aromatic rings. The fraction of sp³-hybridized carbons (Fsp3) is 0.409. The van der Waals surface area contributed by atoms with Gasteiger partial charge in [0.15, 0.2) is 11.6 Å². The first-order chi connectivity index (χ1) is 12.9. The van der Waals surface area contributed by atoms with Crippen LogP contribution in [-0.2, 0) is 22.3 Å². The highest BCUT2D eigenvalue weighted by molar-refractivity contribution is 6.30. The Hall–Kier alpha value is -1.88. The van der Waals surface area contributed by atoms with Crippen LogP contribution in [0.1, 0.15) is 47.3 Å². The third kappa shape index (κ3) is 4.03. The summed E-state index contributed by atoms with van der Waals surface area (Å²) in [4.78, 5) is 13.0. The van der Waals surface area contributed by atoms with E-state index in [1.54, 1.807) is 6.07 Å². The minimum absolute atomic E-state index is 0.0360. The van der Waals surface area contributed by atoms with Crippen molar-refractivity contribution in [1.29, 1.82) is 0 Å². The molecule has 0 saturated carbocycles. The summed E-state index contributed by atoms with van der Waals surface area (Å²) in [6.07, 6.45) is 2.41. The molecule has 142 valence electrons. The molecule has 5 heteroatoms. The van der Waals surface area contributed by atoms with Gasteiger partial charge >= 0.3 is 0 Å². The van der Waals surface area contributed by atoms with Gasteiger partial charge in [-0.3, -0.25) is 4.79 Å². The normalized spacial score (nSPS) is 20.7. The molecule has 0 bridgehead atoms. The summed E-state index contributed by atoms with van der Waals surface area (Å²) in [5, 5.41) is 0.665. The predicted molar refractivity (Wildman–Crippen MR) is 104 cm³/mol. The number of carbonyl (C=O) groups excluding carboxylic acids is 1. The first kappa shape index (κ1) is 18.5. The molecule has 2 aromatic carbocycles. The molecule has 1 aliphatic carbocycles. The van der Waals surface area contributed by atoms with Gasteiger partial charge < -0.3 is 14.2 Å². The number of carbonyl (C=O) groups is 1. The molecule has 0 unspecified atom stereocenters. The molecule has 1 heterocycles. The second-order valence-electron chi connectivity index (χ2n) is 7.54. The lowest BCUT2D eigenvalue weighted by atomic mass is 9.99. The van der Waals surface area contributed by atoms with Gasteiger partial charge in [0.05, 0.1) is 19.3 Å². The summed E-state index contributed by atoms with van der Waals surface area (Å²) in [6, 6.07) is 11.3. The topological polar surface area (TPSA) is 44.8 Å². The first-order valence-electron chi connectivity index (χ1n) is 9.32. The number of ketones is 1. The van der Waals surface area contributed by atoms with Crippen molar-refractivity contribution in [2.24, 2.45) is 0 Å². The number of benzene rings is 2. The van der Waals surface area contributed by atoms with Crippen molar-refractivity contribution in [3.05, 3.63) is 63.7 Å². The molecule has 1 aliphatic heterocycles. The van der Waals surface area contributed by atoms with E-state index in [4.69, 9.17) is 25.8 Å². The van der Waals surface area contributed by atoms with Crippen LogP contribution in [0.15, 0.2) is 36.4 Å². The summed E-state index contributed by atoms with van der Waals surface area (Å²) >= 11 is 6.09. The van der Waals surface area contributed by atoms with Crippen LogP contribution in [0.5, 0.6) is 5.75 Å². The van der Waals surface area contributed by atoms with E-state index in [0.29, 0.717) is 24.0 Å². The summed E-state index contributed by atoms with van der Waals surface area (Å²) < 4.78 is 17.2. The number of rotatable bonds is 4. The molecule has 1 atom stereocenters. The number of hydrogen-bond acceptors (Lipinski definition) is 4. The predicted octanol–water partition coefficient (Wildman–Crippen LogP) is 4.59. The van der Waals surface area contributed by atoms with Crippen LogP contribution in [-0.4, -0.2) is 30.9 Å². The van der Waals surface area contributed by atoms with Crippen LogP contribution in [0.3, 0.4) is 0 Å². The van der Waals surface area contributed by atoms with E-state index in [2.05, 4.69) is 0 Å². The quantitative estimate of drug-likeness (QED) is 0.770. The third-order valence-electron chi connectivity index (χ3n) is 5.08. The Morgan fingerprint density at radius 2 is 1.93 bits per heavy atom. The second-order valence-corrected chi connectivity index (χ2v) is 7.97. The molecule has 4 nitrogen and oxygen atoms in total. The van der Waals surface area contributed by atoms with Crippen LogP contribution in [0.25, 0.3) is 0 Å². The molecule has 0 N–H and O–H groups in total. The largest absolute Gasteiger partial charge is 0.493 e. The molecule has 27 heavy (non-hydrogen) atoms. The highest BCUT2D eigenvalue weighted by Crippen LogP contribution is 2.29. The minimum Gasteiger partial charge on any atom is -0.493 e. The van der Waals surface area contributed by atoms with Gasteiger partial charge in [0.1, 0.15) is 5.75 Å². The Morgan fingerprint density at radius 1 is 1.11 bits per heavy atom. The number of fused-ring (bicyclic) bond motifs is 2. The van der Waals surface area contributed by atoms with Gasteiger partial charge in [-0.2, -0.15) is 0 Å². The zero-order valence-corrected chi connectivity index (χ0v) is 16.3. The fourth-order valence-corrected chi connectivity index (χ4v) is 3.89. The van der Waals surface area contributed by atoms with E-state index in [-0.39, 0.29) is 11.9 Å². The minimum atomic E-state index is -0.516. The second kappa shape index (κ2) is 7.27. The lowest BCUT2D eigenvalue weighted by molar-refractivity contribution is -0.139. The van der Waals surface area contributed by atoms with Gasteiger partial charge in [0, 0.05) is 22.6 Å². The Balaban J connectivity index is 1.46. The Bertz CT molecular complexity index is 875. The Labute approximate surface area is 164 Å². The zero-order chi connectivity index (χ0) is 19.0. The van der Waals surface area contributed by atoms with Crippen LogP contribution < -0.4 is 4.74 Å². The molecular formula is C22H23ClO4. The molecular weight excluding hydrogens is 364 g/mol. The van der Waals surface area contributed by atoms with E-state index in [1.807, 2.05) is 44.2 Å². The number of ether oxygens (including phenoxy) is 3. The highest BCUT2D eigenvalue weighted by Gasteiger charge is 2.32. The Kier molecular flexibility index (Phi) is 4.97. The summed E-state index contributed by atoms with van der Waals surface area (Å²) in [7, 11) is 0. The monoisotopic (exact) mass is 386 g/mol. The van der Waals surface area contributed by atoms with Crippen molar-refractivity contribution in [3.63, 3.8) is 0 Å². The lowest BCUT2D eigenvalue weighted by Gasteiger charge is -2.17. The van der Waals surface area contributed by atoms with Gasteiger partial charge in [-0.05, 0) is 68.1 Å². The smallest absolute Gasteiger partial charge is 0.193 e. The average Bonchev–Trinajstić information content (AvgIpc) is 2.92. The molecule has 2 aliphatic rings. The van der Waals surface area contributed by atoms with Crippen molar-refractivity contribution >= 4 is 17.4 Å². The molecule has 0 radical (unpaired) electrons. The standard InChI is InChI=1S/C22H23ClO4/c1-22(2)26-13-18(27-22)9-10-25-17-7-5-14-3-4-15-11-16(23)6-8-19(15)21(24)20(14)12-17/h5-8,11-12,18H,3-4,9-10,13H2,1-2H3/t18-/m1/s1. The maximum absolute atomic E-state index is 13.0. The molecule has 1 fully saturated rings. The van der Waals surface area contributed by atoms with Crippen molar-refractivity contribution in [2.75, 3.05) is 13.2 Å². The van der Waals surface area contributed by atoms with Crippen LogP contribution in [0.2, 0.25) is 5.02 Å². The summed E-state index contributed by atoms with van der Waals surface area (Å²) in [5.74, 6) is 0.226. The van der Waals surface area contributed by atoms with E-state index in [0.717, 1.165) is 41.5 Å². The molecule has 4 rings (SSSR count).